The third kappa shape index (κ3) is 3.80. The van der Waals surface area contributed by atoms with Gasteiger partial charge in [0.25, 0.3) is 0 Å². The Morgan fingerprint density at radius 2 is 1.77 bits per heavy atom. The summed E-state index contributed by atoms with van der Waals surface area (Å²) in [5.74, 6) is 0. The summed E-state index contributed by atoms with van der Waals surface area (Å²) >= 11 is 27.1. The van der Waals surface area contributed by atoms with E-state index in [-0.39, 0.29) is 4.32 Å². The van der Waals surface area contributed by atoms with E-state index in [1.807, 2.05) is 63.6 Å². The fourth-order valence-electron chi connectivity index (χ4n) is 4.95. The van der Waals surface area contributed by atoms with Crippen LogP contribution in [0.1, 0.15) is 39.3 Å². The van der Waals surface area contributed by atoms with Crippen LogP contribution in [0, 0.1) is 0 Å². The first-order valence-corrected chi connectivity index (χ1v) is 18.9. The molecule has 1 nitrogen and oxygen atoms in total. The van der Waals surface area contributed by atoms with Crippen molar-refractivity contribution in [2.24, 2.45) is 0 Å². The monoisotopic (exact) mass is 825 g/mol. The Bertz CT molecular complexity index is 1630. The molecule has 2 aliphatic heterocycles. The topological polar surface area (TPSA) is 26.0 Å². The summed E-state index contributed by atoms with van der Waals surface area (Å²) in [6, 6.07) is 2.00. The maximum atomic E-state index is 6.08. The van der Waals surface area contributed by atoms with Crippen molar-refractivity contribution in [2.75, 3.05) is 5.73 Å². The first-order valence-electron chi connectivity index (χ1n) is 10.7. The van der Waals surface area contributed by atoms with Crippen LogP contribution in [0.25, 0.3) is 30.8 Å². The summed E-state index contributed by atoms with van der Waals surface area (Å²) in [4.78, 5) is 9.66. The molecule has 0 bridgehead atoms. The predicted molar refractivity (Wildman–Crippen MR) is 177 cm³/mol. The lowest BCUT2D eigenvalue weighted by Crippen LogP contribution is -2.16. The molecule has 0 saturated carbocycles. The molecule has 6 heterocycles. The molecule has 1 aliphatic carbocycles. The molecule has 0 fully saturated rings. The van der Waals surface area contributed by atoms with E-state index in [1.165, 1.54) is 63.7 Å². The fourth-order valence-corrected chi connectivity index (χ4v) is 17.5. The van der Waals surface area contributed by atoms with Gasteiger partial charge in [0.05, 0.1) is 38.2 Å². The van der Waals surface area contributed by atoms with Gasteiger partial charge in [-0.3, -0.25) is 0 Å². The van der Waals surface area contributed by atoms with Gasteiger partial charge in [0.15, 0.2) is 0 Å². The van der Waals surface area contributed by atoms with Crippen LogP contribution >= 0.6 is 133 Å². The summed E-state index contributed by atoms with van der Waals surface area (Å²) in [6.07, 6.45) is 5.93. The number of hydrogen-bond donors (Lipinski definition) is 1. The molecular formula is C24H15Br4NS6. The summed E-state index contributed by atoms with van der Waals surface area (Å²) in [5.41, 5.74) is 9.10. The Morgan fingerprint density at radius 3 is 2.46 bits per heavy atom. The molecule has 7 rings (SSSR count). The van der Waals surface area contributed by atoms with Crippen molar-refractivity contribution in [3.05, 3.63) is 50.7 Å². The van der Waals surface area contributed by atoms with E-state index in [2.05, 4.69) is 89.7 Å². The third-order valence-electron chi connectivity index (χ3n) is 6.42. The van der Waals surface area contributed by atoms with Gasteiger partial charge in [0, 0.05) is 33.7 Å². The minimum Gasteiger partial charge on any atom is -0.391 e. The quantitative estimate of drug-likeness (QED) is 0.204. The number of nitrogen functional groups attached to an aromatic ring is 1. The highest BCUT2D eigenvalue weighted by Gasteiger charge is 2.43. The highest BCUT2D eigenvalue weighted by molar-refractivity contribution is 9.11. The predicted octanol–water partition coefficient (Wildman–Crippen LogP) is 12.0. The molecule has 0 saturated heterocycles. The zero-order chi connectivity index (χ0) is 24.4. The molecule has 0 spiro atoms. The van der Waals surface area contributed by atoms with Gasteiger partial charge in [0.1, 0.15) is 0 Å². The van der Waals surface area contributed by atoms with Gasteiger partial charge in [-0.25, -0.2) is 0 Å². The van der Waals surface area contributed by atoms with Crippen molar-refractivity contribution in [3.8, 4) is 9.75 Å². The Balaban J connectivity index is 1.30. The van der Waals surface area contributed by atoms with E-state index >= 15 is 0 Å². The molecular weight excluding hydrogens is 814 g/mol. The number of anilines is 1. The number of hydrogen-bond acceptors (Lipinski definition) is 7. The SMILES string of the molecule is CC1=CC(C)(Br)C(c2sc3c(c2Br)SC2Cc4c(sc5c(Br)c(-c6sc(N)cc6Br)sc45)C=C32)S1. The van der Waals surface area contributed by atoms with Crippen LogP contribution in [0.3, 0.4) is 0 Å². The fraction of sp³-hybridized carbons (Fsp3) is 0.250. The molecule has 35 heavy (non-hydrogen) atoms. The minimum atomic E-state index is -0.00857. The summed E-state index contributed by atoms with van der Waals surface area (Å²) in [7, 11) is 0. The molecule has 4 aromatic rings. The van der Waals surface area contributed by atoms with E-state index in [1.54, 1.807) is 11.3 Å². The summed E-state index contributed by atoms with van der Waals surface area (Å²) < 4.78 is 6.37. The Labute approximate surface area is 261 Å². The lowest BCUT2D eigenvalue weighted by Gasteiger charge is -2.23. The maximum absolute atomic E-state index is 6.08. The zero-order valence-corrected chi connectivity index (χ0v) is 29.4. The van der Waals surface area contributed by atoms with E-state index < -0.39 is 0 Å². The second-order valence-electron chi connectivity index (χ2n) is 8.93. The van der Waals surface area contributed by atoms with Crippen LogP contribution in [-0.2, 0) is 6.42 Å². The zero-order valence-electron chi connectivity index (χ0n) is 18.1. The lowest BCUT2D eigenvalue weighted by molar-refractivity contribution is 0.801. The van der Waals surface area contributed by atoms with Crippen LogP contribution in [0.4, 0.5) is 5.00 Å². The molecule has 2 N–H and O–H groups in total. The molecule has 4 aromatic heterocycles. The van der Waals surface area contributed by atoms with Crippen LogP contribution in [0.2, 0.25) is 0 Å². The largest absolute Gasteiger partial charge is 0.391 e. The number of alkyl halides is 1. The number of thioether (sulfide) groups is 2. The van der Waals surface area contributed by atoms with E-state index in [0.29, 0.717) is 10.5 Å². The van der Waals surface area contributed by atoms with Gasteiger partial charge < -0.3 is 5.73 Å². The van der Waals surface area contributed by atoms with Gasteiger partial charge >= 0.3 is 0 Å². The molecule has 11 heteroatoms. The van der Waals surface area contributed by atoms with Gasteiger partial charge in [0.2, 0.25) is 0 Å². The molecule has 0 radical (unpaired) electrons. The molecule has 3 atom stereocenters. The third-order valence-corrected chi connectivity index (χ3v) is 19.1. The van der Waals surface area contributed by atoms with Crippen molar-refractivity contribution >= 4 is 159 Å². The lowest BCUT2D eigenvalue weighted by atomic mass is 9.97. The van der Waals surface area contributed by atoms with Crippen LogP contribution in [0.15, 0.2) is 35.4 Å². The maximum Gasteiger partial charge on any atom is 0.0874 e. The Kier molecular flexibility index (Phi) is 6.23. The number of allylic oxidation sites excluding steroid dienone is 2. The normalized spacial score (nSPS) is 25.1. The average Bonchev–Trinajstić information content (AvgIpc) is 3.58. The number of halogens is 4. The van der Waals surface area contributed by atoms with E-state index in [0.717, 1.165) is 15.9 Å². The van der Waals surface area contributed by atoms with Crippen molar-refractivity contribution in [1.82, 2.24) is 0 Å². The highest BCUT2D eigenvalue weighted by atomic mass is 79.9. The van der Waals surface area contributed by atoms with Gasteiger partial charge in [-0.1, -0.05) is 22.0 Å². The van der Waals surface area contributed by atoms with Crippen molar-refractivity contribution in [3.63, 3.8) is 0 Å². The number of nitrogens with two attached hydrogens (primary N) is 1. The average molecular weight is 829 g/mol. The molecule has 0 aromatic carbocycles. The van der Waals surface area contributed by atoms with Crippen molar-refractivity contribution in [1.29, 1.82) is 0 Å². The first kappa shape index (κ1) is 25.0. The van der Waals surface area contributed by atoms with E-state index in [4.69, 9.17) is 5.73 Å². The standard InChI is InChI=1S/C24H15Br4NS6/c1-7-6-24(2,28)23(30-7)22-15(27)20-17(35-22)9-4-11-8(3-12(9)32-20)16-19(31-11)14(26)21(34-16)18-10(25)5-13(29)33-18/h4-6,12,23H,3,29H2,1-2H3. The number of fused-ring (bicyclic) bond motifs is 6. The second-order valence-corrected chi connectivity index (χ2v) is 19.8. The molecule has 180 valence electrons. The summed E-state index contributed by atoms with van der Waals surface area (Å²) in [6.45, 7) is 4.50. The van der Waals surface area contributed by atoms with E-state index in [9.17, 15) is 0 Å². The molecule has 3 unspecified atom stereocenters. The van der Waals surface area contributed by atoms with Crippen LogP contribution in [0.5, 0.6) is 0 Å². The molecule has 3 aliphatic rings. The van der Waals surface area contributed by atoms with Crippen molar-refractivity contribution in [2.45, 2.75) is 40.0 Å². The van der Waals surface area contributed by atoms with Gasteiger partial charge in [-0.2, -0.15) is 0 Å². The van der Waals surface area contributed by atoms with Gasteiger partial charge in [-0.15, -0.1) is 68.9 Å². The first-order chi connectivity index (χ1) is 16.6. The Morgan fingerprint density at radius 1 is 0.971 bits per heavy atom. The Hall–Kier alpha value is 0.960. The number of rotatable bonds is 2. The summed E-state index contributed by atoms with van der Waals surface area (Å²) in [5, 5.41) is 1.73. The van der Waals surface area contributed by atoms with Crippen LogP contribution in [-0.4, -0.2) is 9.57 Å². The van der Waals surface area contributed by atoms with Crippen molar-refractivity contribution < 1.29 is 0 Å². The molecule has 0 amide bonds. The highest BCUT2D eigenvalue weighted by Crippen LogP contribution is 2.64. The second kappa shape index (κ2) is 8.73. The number of thiophene rings is 4. The smallest absolute Gasteiger partial charge is 0.0874 e. The van der Waals surface area contributed by atoms with Crippen LogP contribution < -0.4 is 5.73 Å². The minimum absolute atomic E-state index is 0.00857. The van der Waals surface area contributed by atoms with Gasteiger partial charge in [-0.05, 0) is 96.2 Å².